The third-order valence-electron chi connectivity index (χ3n) is 3.01. The molecule has 0 bridgehead atoms. The number of hydrogen-bond acceptors (Lipinski definition) is 4. The number of likely N-dealkylation sites (tertiary alicyclic amines) is 1. The van der Waals surface area contributed by atoms with Gasteiger partial charge in [-0.3, -0.25) is 4.99 Å². The van der Waals surface area contributed by atoms with Crippen molar-refractivity contribution in [3.8, 4) is 0 Å². The van der Waals surface area contributed by atoms with E-state index in [4.69, 9.17) is 9.47 Å². The van der Waals surface area contributed by atoms with E-state index in [2.05, 4.69) is 20.5 Å². The van der Waals surface area contributed by atoms with Crippen LogP contribution in [0.25, 0.3) is 0 Å². The molecule has 1 heterocycles. The Hall–Kier alpha value is -1.50. The zero-order chi connectivity index (χ0) is 15.9. The van der Waals surface area contributed by atoms with Crippen molar-refractivity contribution < 1.29 is 14.3 Å². The topological polar surface area (TPSA) is 75.2 Å². The third-order valence-corrected chi connectivity index (χ3v) is 3.01. The fourth-order valence-corrected chi connectivity index (χ4v) is 2.14. The number of ether oxygens (including phenoxy) is 2. The van der Waals surface area contributed by atoms with Crippen molar-refractivity contribution in [1.82, 2.24) is 15.5 Å². The summed E-state index contributed by atoms with van der Waals surface area (Å²) in [5, 5.41) is 6.13. The summed E-state index contributed by atoms with van der Waals surface area (Å²) < 4.78 is 10.3. The Morgan fingerprint density at radius 3 is 2.71 bits per heavy atom. The molecule has 0 aromatic rings. The van der Waals surface area contributed by atoms with Crippen molar-refractivity contribution in [2.24, 2.45) is 4.99 Å². The Bertz CT molecular complexity index is 366. The van der Waals surface area contributed by atoms with Crippen LogP contribution in [0.15, 0.2) is 4.99 Å². The maximum Gasteiger partial charge on any atom is 0.407 e. The van der Waals surface area contributed by atoms with E-state index in [1.54, 1.807) is 14.2 Å². The van der Waals surface area contributed by atoms with Gasteiger partial charge in [-0.2, -0.15) is 0 Å². The number of carbonyl (C=O) groups is 1. The summed E-state index contributed by atoms with van der Waals surface area (Å²) >= 11 is 0. The Morgan fingerprint density at radius 1 is 1.43 bits per heavy atom. The van der Waals surface area contributed by atoms with Crippen molar-refractivity contribution >= 4 is 12.1 Å². The molecule has 1 rings (SSSR count). The summed E-state index contributed by atoms with van der Waals surface area (Å²) in [6.07, 6.45) is 0.515. The van der Waals surface area contributed by atoms with Gasteiger partial charge in [-0.05, 0) is 27.2 Å². The minimum Gasteiger partial charge on any atom is -0.444 e. The van der Waals surface area contributed by atoms with E-state index in [0.717, 1.165) is 25.5 Å². The minimum atomic E-state index is -0.472. The van der Waals surface area contributed by atoms with Gasteiger partial charge in [0, 0.05) is 33.8 Å². The van der Waals surface area contributed by atoms with Crippen LogP contribution in [0.4, 0.5) is 4.79 Å². The lowest BCUT2D eigenvalue weighted by Gasteiger charge is -2.23. The smallest absolute Gasteiger partial charge is 0.407 e. The molecule has 0 saturated carbocycles. The van der Waals surface area contributed by atoms with Gasteiger partial charge in [0.15, 0.2) is 5.96 Å². The van der Waals surface area contributed by atoms with Gasteiger partial charge in [0.05, 0.1) is 12.6 Å². The van der Waals surface area contributed by atoms with Gasteiger partial charge in [0.1, 0.15) is 5.60 Å². The Labute approximate surface area is 127 Å². The van der Waals surface area contributed by atoms with Crippen LogP contribution in [0.2, 0.25) is 0 Å². The fraction of sp³-hybridized carbons (Fsp3) is 0.857. The summed E-state index contributed by atoms with van der Waals surface area (Å²) in [5.74, 6) is 0.834. The molecule has 1 atom stereocenters. The van der Waals surface area contributed by atoms with Crippen LogP contribution in [0.3, 0.4) is 0 Å². The van der Waals surface area contributed by atoms with E-state index in [1.807, 2.05) is 20.8 Å². The van der Waals surface area contributed by atoms with Gasteiger partial charge in [-0.15, -0.1) is 0 Å². The fourth-order valence-electron chi connectivity index (χ4n) is 2.14. The van der Waals surface area contributed by atoms with Crippen molar-refractivity contribution in [3.05, 3.63) is 0 Å². The van der Waals surface area contributed by atoms with Gasteiger partial charge >= 0.3 is 6.09 Å². The van der Waals surface area contributed by atoms with Crippen LogP contribution in [0.1, 0.15) is 27.2 Å². The summed E-state index contributed by atoms with van der Waals surface area (Å²) in [7, 11) is 3.42. The van der Waals surface area contributed by atoms with Gasteiger partial charge in [0.25, 0.3) is 0 Å². The lowest BCUT2D eigenvalue weighted by Crippen LogP contribution is -2.44. The second-order valence-electron chi connectivity index (χ2n) is 6.04. The van der Waals surface area contributed by atoms with E-state index in [-0.39, 0.29) is 12.1 Å². The van der Waals surface area contributed by atoms with Crippen molar-refractivity contribution in [1.29, 1.82) is 0 Å². The first-order valence-corrected chi connectivity index (χ1v) is 7.29. The molecule has 2 N–H and O–H groups in total. The van der Waals surface area contributed by atoms with Gasteiger partial charge in [-0.1, -0.05) is 0 Å². The molecule has 0 aromatic carbocycles. The number of guanidine groups is 1. The van der Waals surface area contributed by atoms with Crippen molar-refractivity contribution in [2.75, 3.05) is 40.4 Å². The number of methoxy groups -OCH3 is 1. The van der Waals surface area contributed by atoms with Gasteiger partial charge < -0.3 is 25.0 Å². The number of rotatable bonds is 4. The number of nitrogens with zero attached hydrogens (tertiary/aromatic N) is 2. The van der Waals surface area contributed by atoms with Crippen molar-refractivity contribution in [2.45, 2.75) is 38.8 Å². The van der Waals surface area contributed by atoms with Gasteiger partial charge in [-0.25, -0.2) is 4.79 Å². The minimum absolute atomic E-state index is 0.0841. The first-order chi connectivity index (χ1) is 9.85. The molecule has 1 amide bonds. The molecule has 0 aliphatic carbocycles. The summed E-state index contributed by atoms with van der Waals surface area (Å²) in [6, 6.07) is 0.0841. The van der Waals surface area contributed by atoms with Crippen LogP contribution in [-0.2, 0) is 9.47 Å². The predicted octanol–water partition coefficient (Wildman–Crippen LogP) is 0.807. The number of hydrogen-bond donors (Lipinski definition) is 2. The molecule has 1 aliphatic heterocycles. The normalized spacial score (nSPS) is 19.6. The number of nitrogens with one attached hydrogen (secondary N) is 2. The lowest BCUT2D eigenvalue weighted by molar-refractivity contribution is 0.0507. The second kappa shape index (κ2) is 8.07. The highest BCUT2D eigenvalue weighted by Crippen LogP contribution is 2.11. The summed E-state index contributed by atoms with van der Waals surface area (Å²) in [5.41, 5.74) is -0.472. The molecule has 1 saturated heterocycles. The monoisotopic (exact) mass is 300 g/mol. The molecule has 7 nitrogen and oxygen atoms in total. The van der Waals surface area contributed by atoms with E-state index < -0.39 is 5.60 Å². The standard InChI is InChI=1S/C14H28N4O3/c1-14(2,3)21-13(19)17-11-6-8-18(10-11)12(15-4)16-7-9-20-5/h11H,6-10H2,1-5H3,(H,15,16)(H,17,19). The SMILES string of the molecule is CN=C(NCCOC)N1CCC(NC(=O)OC(C)(C)C)C1. The Kier molecular flexibility index (Phi) is 6.74. The van der Waals surface area contributed by atoms with Crippen LogP contribution < -0.4 is 10.6 Å². The molecule has 7 heteroatoms. The molecule has 1 fully saturated rings. The lowest BCUT2D eigenvalue weighted by atomic mass is 10.2. The molecule has 122 valence electrons. The average Bonchev–Trinajstić information content (AvgIpc) is 2.80. The average molecular weight is 300 g/mol. The largest absolute Gasteiger partial charge is 0.444 e. The summed E-state index contributed by atoms with van der Waals surface area (Å²) in [4.78, 5) is 18.1. The van der Waals surface area contributed by atoms with Crippen LogP contribution in [0.5, 0.6) is 0 Å². The number of carbonyl (C=O) groups excluding carboxylic acids is 1. The van der Waals surface area contributed by atoms with Crippen LogP contribution in [-0.4, -0.2) is 69.0 Å². The quantitative estimate of drug-likeness (QED) is 0.456. The Balaban J connectivity index is 2.39. The molecular formula is C14H28N4O3. The van der Waals surface area contributed by atoms with E-state index >= 15 is 0 Å². The third kappa shape index (κ3) is 6.66. The first kappa shape index (κ1) is 17.6. The highest BCUT2D eigenvalue weighted by molar-refractivity contribution is 5.80. The van der Waals surface area contributed by atoms with E-state index in [0.29, 0.717) is 13.2 Å². The zero-order valence-electron chi connectivity index (χ0n) is 13.7. The molecule has 21 heavy (non-hydrogen) atoms. The summed E-state index contributed by atoms with van der Waals surface area (Å²) in [6.45, 7) is 8.49. The molecule has 0 radical (unpaired) electrons. The highest BCUT2D eigenvalue weighted by Gasteiger charge is 2.27. The van der Waals surface area contributed by atoms with E-state index in [9.17, 15) is 4.79 Å². The Morgan fingerprint density at radius 2 is 2.14 bits per heavy atom. The number of aliphatic imine (C=N–C) groups is 1. The van der Waals surface area contributed by atoms with Crippen LogP contribution in [0, 0.1) is 0 Å². The van der Waals surface area contributed by atoms with E-state index in [1.165, 1.54) is 0 Å². The maximum atomic E-state index is 11.8. The number of alkyl carbamates (subject to hydrolysis) is 1. The van der Waals surface area contributed by atoms with Gasteiger partial charge in [0.2, 0.25) is 0 Å². The van der Waals surface area contributed by atoms with Crippen LogP contribution >= 0.6 is 0 Å². The molecular weight excluding hydrogens is 272 g/mol. The predicted molar refractivity (Wildman–Crippen MR) is 82.6 cm³/mol. The molecule has 1 unspecified atom stereocenters. The maximum absolute atomic E-state index is 11.8. The zero-order valence-corrected chi connectivity index (χ0v) is 13.7. The van der Waals surface area contributed by atoms with Crippen molar-refractivity contribution in [3.63, 3.8) is 0 Å². The highest BCUT2D eigenvalue weighted by atomic mass is 16.6. The second-order valence-corrected chi connectivity index (χ2v) is 6.04. The first-order valence-electron chi connectivity index (χ1n) is 7.29. The number of amides is 1. The molecule has 0 spiro atoms. The molecule has 1 aliphatic rings. The molecule has 0 aromatic heterocycles.